The minimum absolute atomic E-state index is 0.0463. The zero-order chi connectivity index (χ0) is 8.01. The second-order valence-electron chi connectivity index (χ2n) is 2.75. The number of hydrogen-bond acceptors (Lipinski definition) is 2. The first kappa shape index (κ1) is 7.10. The standard InChI is InChI=1S/C8H7BrO2/c1-4-5-2-3-6(9)7(5)11-8(4)10/h2-3,5-7H,1H2/t5-,6+,7+/m1/s1. The Morgan fingerprint density at radius 2 is 2.27 bits per heavy atom. The average molecular weight is 215 g/mol. The third-order valence-corrected chi connectivity index (χ3v) is 2.90. The summed E-state index contributed by atoms with van der Waals surface area (Å²) in [6.45, 7) is 3.67. The summed E-state index contributed by atoms with van der Waals surface area (Å²) in [7, 11) is 0. The second-order valence-corrected chi connectivity index (χ2v) is 3.81. The summed E-state index contributed by atoms with van der Waals surface area (Å²) < 4.78 is 5.06. The highest BCUT2D eigenvalue weighted by Crippen LogP contribution is 2.37. The molecule has 0 aromatic heterocycles. The molecule has 0 spiro atoms. The number of ether oxygens (including phenoxy) is 1. The van der Waals surface area contributed by atoms with Crippen LogP contribution in [-0.4, -0.2) is 16.9 Å². The van der Waals surface area contributed by atoms with E-state index in [1.165, 1.54) is 0 Å². The van der Waals surface area contributed by atoms with Gasteiger partial charge < -0.3 is 4.74 Å². The maximum absolute atomic E-state index is 11.0. The van der Waals surface area contributed by atoms with Crippen molar-refractivity contribution in [3.05, 3.63) is 24.3 Å². The van der Waals surface area contributed by atoms with Crippen LogP contribution in [0.2, 0.25) is 0 Å². The zero-order valence-electron chi connectivity index (χ0n) is 5.79. The van der Waals surface area contributed by atoms with E-state index in [-0.39, 0.29) is 22.8 Å². The van der Waals surface area contributed by atoms with Crippen LogP contribution >= 0.6 is 15.9 Å². The summed E-state index contributed by atoms with van der Waals surface area (Å²) in [6, 6.07) is 0. The van der Waals surface area contributed by atoms with Crippen LogP contribution in [0.3, 0.4) is 0 Å². The Morgan fingerprint density at radius 3 is 2.91 bits per heavy atom. The molecule has 0 N–H and O–H groups in total. The SMILES string of the molecule is C=C1C(=O)O[C@H]2[C@@H]1C=C[C@@H]2Br. The molecule has 11 heavy (non-hydrogen) atoms. The summed E-state index contributed by atoms with van der Waals surface area (Å²) in [4.78, 5) is 11.1. The lowest BCUT2D eigenvalue weighted by Crippen LogP contribution is -2.19. The minimum Gasteiger partial charge on any atom is -0.456 e. The number of hydrogen-bond donors (Lipinski definition) is 0. The van der Waals surface area contributed by atoms with Crippen molar-refractivity contribution in [2.75, 3.05) is 0 Å². The quantitative estimate of drug-likeness (QED) is 0.264. The van der Waals surface area contributed by atoms with E-state index in [1.54, 1.807) is 0 Å². The third kappa shape index (κ3) is 0.872. The first-order valence-corrected chi connectivity index (χ1v) is 4.34. The summed E-state index contributed by atoms with van der Waals surface area (Å²) >= 11 is 3.40. The number of carbonyl (C=O) groups is 1. The van der Waals surface area contributed by atoms with E-state index in [9.17, 15) is 4.79 Å². The lowest BCUT2D eigenvalue weighted by molar-refractivity contribution is -0.138. The topological polar surface area (TPSA) is 26.3 Å². The Morgan fingerprint density at radius 1 is 1.55 bits per heavy atom. The Balaban J connectivity index is 2.31. The molecule has 58 valence electrons. The highest BCUT2D eigenvalue weighted by molar-refractivity contribution is 9.09. The van der Waals surface area contributed by atoms with Crippen molar-refractivity contribution >= 4 is 21.9 Å². The van der Waals surface area contributed by atoms with Gasteiger partial charge in [0, 0.05) is 11.5 Å². The van der Waals surface area contributed by atoms with Gasteiger partial charge in [-0.15, -0.1) is 0 Å². The van der Waals surface area contributed by atoms with E-state index >= 15 is 0 Å². The zero-order valence-corrected chi connectivity index (χ0v) is 7.37. The van der Waals surface area contributed by atoms with Crippen LogP contribution in [0.1, 0.15) is 0 Å². The molecule has 0 saturated carbocycles. The van der Waals surface area contributed by atoms with Gasteiger partial charge in [0.25, 0.3) is 0 Å². The molecule has 1 heterocycles. The molecule has 0 aromatic carbocycles. The fourth-order valence-corrected chi connectivity index (χ4v) is 2.04. The highest BCUT2D eigenvalue weighted by atomic mass is 79.9. The molecule has 2 nitrogen and oxygen atoms in total. The summed E-state index contributed by atoms with van der Waals surface area (Å²) in [6.07, 6.45) is 3.92. The van der Waals surface area contributed by atoms with Crippen molar-refractivity contribution in [2.24, 2.45) is 5.92 Å². The van der Waals surface area contributed by atoms with Crippen LogP contribution < -0.4 is 0 Å². The van der Waals surface area contributed by atoms with Crippen molar-refractivity contribution in [1.29, 1.82) is 0 Å². The average Bonchev–Trinajstić information content (AvgIpc) is 2.43. The Hall–Kier alpha value is -0.570. The Kier molecular flexibility index (Phi) is 1.42. The van der Waals surface area contributed by atoms with Gasteiger partial charge in [-0.2, -0.15) is 0 Å². The van der Waals surface area contributed by atoms with Gasteiger partial charge in [-0.3, -0.25) is 0 Å². The molecule has 0 bridgehead atoms. The van der Waals surface area contributed by atoms with E-state index < -0.39 is 0 Å². The van der Waals surface area contributed by atoms with Gasteiger partial charge in [0.2, 0.25) is 0 Å². The first-order valence-electron chi connectivity index (χ1n) is 3.42. The van der Waals surface area contributed by atoms with Crippen molar-refractivity contribution in [2.45, 2.75) is 10.9 Å². The van der Waals surface area contributed by atoms with Gasteiger partial charge in [0.05, 0.1) is 4.83 Å². The summed E-state index contributed by atoms with van der Waals surface area (Å²) in [5.74, 6) is -0.152. The predicted molar refractivity (Wildman–Crippen MR) is 44.4 cm³/mol. The molecule has 2 aliphatic rings. The highest BCUT2D eigenvalue weighted by Gasteiger charge is 2.43. The lowest BCUT2D eigenvalue weighted by Gasteiger charge is -2.09. The van der Waals surface area contributed by atoms with Gasteiger partial charge in [-0.25, -0.2) is 4.79 Å². The van der Waals surface area contributed by atoms with Crippen molar-refractivity contribution in [3.8, 4) is 0 Å². The number of fused-ring (bicyclic) bond motifs is 1. The molecule has 1 saturated heterocycles. The van der Waals surface area contributed by atoms with E-state index in [0.29, 0.717) is 5.57 Å². The summed E-state index contributed by atoms with van der Waals surface area (Å²) in [5, 5.41) is 0. The fourth-order valence-electron chi connectivity index (χ4n) is 1.43. The van der Waals surface area contributed by atoms with E-state index in [0.717, 1.165) is 0 Å². The van der Waals surface area contributed by atoms with Crippen molar-refractivity contribution < 1.29 is 9.53 Å². The molecular weight excluding hydrogens is 208 g/mol. The van der Waals surface area contributed by atoms with Crippen LogP contribution in [0.4, 0.5) is 0 Å². The van der Waals surface area contributed by atoms with Crippen LogP contribution in [0.15, 0.2) is 24.3 Å². The van der Waals surface area contributed by atoms with Gasteiger partial charge in [-0.05, 0) is 0 Å². The maximum atomic E-state index is 11.0. The lowest BCUT2D eigenvalue weighted by atomic mass is 10.0. The van der Waals surface area contributed by atoms with Crippen molar-refractivity contribution in [3.63, 3.8) is 0 Å². The first-order chi connectivity index (χ1) is 5.20. The van der Waals surface area contributed by atoms with Gasteiger partial charge in [-0.1, -0.05) is 34.7 Å². The van der Waals surface area contributed by atoms with E-state index in [4.69, 9.17) is 4.74 Å². The molecule has 3 heteroatoms. The number of esters is 1. The van der Waals surface area contributed by atoms with Crippen molar-refractivity contribution in [1.82, 2.24) is 0 Å². The molecule has 0 amide bonds. The third-order valence-electron chi connectivity index (χ3n) is 2.08. The Bertz CT molecular complexity index is 257. The Labute approximate surface area is 73.0 Å². The van der Waals surface area contributed by atoms with Gasteiger partial charge >= 0.3 is 5.97 Å². The number of carbonyl (C=O) groups excluding carboxylic acids is 1. The van der Waals surface area contributed by atoms with E-state index in [1.807, 2.05) is 12.2 Å². The molecule has 2 rings (SSSR count). The molecule has 0 radical (unpaired) electrons. The van der Waals surface area contributed by atoms with Gasteiger partial charge in [0.1, 0.15) is 6.10 Å². The fraction of sp³-hybridized carbons (Fsp3) is 0.375. The summed E-state index contributed by atoms with van der Waals surface area (Å²) in [5.41, 5.74) is 0.577. The van der Waals surface area contributed by atoms with Crippen LogP contribution in [0.5, 0.6) is 0 Å². The second kappa shape index (κ2) is 2.21. The van der Waals surface area contributed by atoms with Crippen LogP contribution in [-0.2, 0) is 9.53 Å². The molecule has 1 fully saturated rings. The molecule has 1 aliphatic heterocycles. The van der Waals surface area contributed by atoms with Gasteiger partial charge in [0.15, 0.2) is 0 Å². The number of halogens is 1. The number of alkyl halides is 1. The van der Waals surface area contributed by atoms with Crippen LogP contribution in [0, 0.1) is 5.92 Å². The minimum atomic E-state index is -0.256. The molecule has 0 unspecified atom stereocenters. The number of rotatable bonds is 0. The molecule has 1 aliphatic carbocycles. The molecule has 3 atom stereocenters. The largest absolute Gasteiger partial charge is 0.456 e. The molecular formula is C8H7BrO2. The predicted octanol–water partition coefficient (Wildman–Crippen LogP) is 1.42. The normalized spacial score (nSPS) is 41.0. The molecule has 0 aromatic rings. The van der Waals surface area contributed by atoms with E-state index in [2.05, 4.69) is 22.5 Å². The monoisotopic (exact) mass is 214 g/mol. The smallest absolute Gasteiger partial charge is 0.334 e. The van der Waals surface area contributed by atoms with Crippen LogP contribution in [0.25, 0.3) is 0 Å². The maximum Gasteiger partial charge on any atom is 0.334 e.